The predicted molar refractivity (Wildman–Crippen MR) is 183 cm³/mol. The normalized spacial score (nSPS) is 22.1. The van der Waals surface area contributed by atoms with Crippen LogP contribution in [0.1, 0.15) is 70.4 Å². The van der Waals surface area contributed by atoms with E-state index in [2.05, 4.69) is 5.32 Å². The van der Waals surface area contributed by atoms with Gasteiger partial charge in [-0.1, -0.05) is 24.3 Å². The van der Waals surface area contributed by atoms with Crippen LogP contribution in [-0.2, 0) is 47.2 Å². The first-order valence-electron chi connectivity index (χ1n) is 17.2. The number of rotatable bonds is 14. The monoisotopic (exact) mass is 772 g/mol. The van der Waals surface area contributed by atoms with E-state index in [9.17, 15) is 36.8 Å². The van der Waals surface area contributed by atoms with Crippen molar-refractivity contribution in [1.82, 2.24) is 24.1 Å². The molecule has 1 aromatic carbocycles. The lowest BCUT2D eigenvalue weighted by molar-refractivity contribution is -0.139. The second-order valence-corrected chi connectivity index (χ2v) is 16.6. The molecule has 15 nitrogen and oxygen atoms in total. The van der Waals surface area contributed by atoms with E-state index in [0.29, 0.717) is 17.5 Å². The Hall–Kier alpha value is -4.39. The molecule has 3 aliphatic rings. The summed E-state index contributed by atoms with van der Waals surface area (Å²) >= 11 is 0. The van der Waals surface area contributed by atoms with Gasteiger partial charge in [-0.05, 0) is 57.6 Å². The van der Waals surface area contributed by atoms with Crippen molar-refractivity contribution in [3.63, 3.8) is 0 Å². The van der Waals surface area contributed by atoms with Gasteiger partial charge in [0.15, 0.2) is 0 Å². The summed E-state index contributed by atoms with van der Waals surface area (Å²) in [5, 5.41) is 2.34. The van der Waals surface area contributed by atoms with Crippen molar-refractivity contribution in [2.24, 2.45) is 17.6 Å². The van der Waals surface area contributed by atoms with Crippen LogP contribution in [0.2, 0.25) is 0 Å². The smallest absolute Gasteiger partial charge is 0.410 e. The van der Waals surface area contributed by atoms with Gasteiger partial charge < -0.3 is 25.4 Å². The number of hydrogen-bond acceptors (Lipinski definition) is 9. The van der Waals surface area contributed by atoms with Gasteiger partial charge in [0.1, 0.15) is 29.6 Å². The number of ether oxygens (including phenoxy) is 2. The van der Waals surface area contributed by atoms with Crippen LogP contribution in [0.4, 0.5) is 22.8 Å². The minimum atomic E-state index is -3.95. The molecule has 0 aromatic heterocycles. The number of carbonyl (C=O) groups is 5. The fraction of sp³-hybridized carbons (Fsp3) is 0.618. The third-order valence-corrected chi connectivity index (χ3v) is 10.5. The molecule has 4 rings (SSSR count). The Morgan fingerprint density at radius 2 is 1.79 bits per heavy atom. The van der Waals surface area contributed by atoms with E-state index in [1.165, 1.54) is 37.2 Å². The third-order valence-electron chi connectivity index (χ3n) is 9.06. The molecule has 0 radical (unpaired) electrons. The first-order valence-corrected chi connectivity index (χ1v) is 18.6. The van der Waals surface area contributed by atoms with E-state index in [0.717, 1.165) is 9.21 Å². The van der Waals surface area contributed by atoms with Crippen molar-refractivity contribution in [3.05, 3.63) is 47.3 Å². The topological polar surface area (TPSA) is 198 Å². The lowest BCUT2D eigenvalue weighted by Gasteiger charge is -2.29. The first-order chi connectivity index (χ1) is 24.6. The van der Waals surface area contributed by atoms with Gasteiger partial charge in [0.2, 0.25) is 23.6 Å². The second-order valence-electron chi connectivity index (χ2n) is 14.7. The Morgan fingerprint density at radius 3 is 2.42 bits per heavy atom. The van der Waals surface area contributed by atoms with Gasteiger partial charge in [0.25, 0.3) is 0 Å². The summed E-state index contributed by atoms with van der Waals surface area (Å²) in [6.07, 6.45) is -1.74. The fourth-order valence-corrected chi connectivity index (χ4v) is 6.69. The molecule has 2 heterocycles. The van der Waals surface area contributed by atoms with Crippen molar-refractivity contribution < 1.29 is 55.0 Å². The third kappa shape index (κ3) is 11.3. The molecule has 1 saturated heterocycles. The summed E-state index contributed by atoms with van der Waals surface area (Å²) in [4.78, 5) is 66.4. The van der Waals surface area contributed by atoms with Crippen LogP contribution in [-0.4, -0.2) is 103 Å². The van der Waals surface area contributed by atoms with Gasteiger partial charge in [-0.15, -0.1) is 0 Å². The number of fused-ring (bicyclic) bond motifs is 1. The summed E-state index contributed by atoms with van der Waals surface area (Å²) in [7, 11) is -1.41. The molecule has 0 bridgehead atoms. The zero-order valence-corrected chi connectivity index (χ0v) is 31.1. The van der Waals surface area contributed by atoms with Gasteiger partial charge in [-0.3, -0.25) is 19.3 Å². The molecule has 53 heavy (non-hydrogen) atoms. The van der Waals surface area contributed by atoms with Crippen LogP contribution in [0.15, 0.2) is 30.4 Å². The molecule has 2 aliphatic heterocycles. The van der Waals surface area contributed by atoms with Crippen LogP contribution >= 0.6 is 0 Å². The maximum atomic E-state index is 15.1. The maximum absolute atomic E-state index is 15.1. The number of amides is 5. The lowest BCUT2D eigenvalue weighted by Crippen LogP contribution is -2.53. The molecule has 19 heteroatoms. The molecule has 294 valence electrons. The standard InChI is InChI=1S/C34H47F3N6O9S/c1-33(2,3)52-31(47)39-26(12-14-34(36,37)13-7-6-9-20-15-23(20)29(45)40-53(49,50)41(4)5)30(46)43-18-22(16-27(43)28(38)44)51-32(48)42-17-21-10-8-11-25(35)24(21)19-42/h6,8-11,20,22-23,26-27H,7,12-19H2,1-5H3,(H2,38,44)(H,39,47)(H,40,45)/b9-6-/t20-,22-,23+,26+,27+/m1/s1. The molecule has 5 atom stereocenters. The van der Waals surface area contributed by atoms with Crippen molar-refractivity contribution in [3.8, 4) is 0 Å². The number of halogens is 3. The molecule has 0 unspecified atom stereocenters. The molecular weight excluding hydrogens is 725 g/mol. The van der Waals surface area contributed by atoms with Gasteiger partial charge in [-0.25, -0.2) is 27.5 Å². The molecular formula is C34H47F3N6O9S. The maximum Gasteiger partial charge on any atom is 0.410 e. The van der Waals surface area contributed by atoms with Crippen molar-refractivity contribution in [1.29, 1.82) is 0 Å². The molecule has 5 amide bonds. The van der Waals surface area contributed by atoms with E-state index in [1.807, 2.05) is 4.72 Å². The van der Waals surface area contributed by atoms with Crippen LogP contribution in [0.3, 0.4) is 0 Å². The molecule has 1 saturated carbocycles. The molecule has 1 aliphatic carbocycles. The number of nitrogens with one attached hydrogen (secondary N) is 2. The molecule has 4 N–H and O–H groups in total. The van der Waals surface area contributed by atoms with E-state index in [4.69, 9.17) is 15.2 Å². The first kappa shape index (κ1) is 41.4. The number of benzene rings is 1. The Kier molecular flexibility index (Phi) is 12.7. The Bertz CT molecular complexity index is 1720. The summed E-state index contributed by atoms with van der Waals surface area (Å²) in [5.41, 5.74) is 5.56. The highest BCUT2D eigenvalue weighted by molar-refractivity contribution is 7.87. The summed E-state index contributed by atoms with van der Waals surface area (Å²) in [6, 6.07) is 1.63. The fourth-order valence-electron chi connectivity index (χ4n) is 6.10. The van der Waals surface area contributed by atoms with Crippen molar-refractivity contribution in [2.75, 3.05) is 20.6 Å². The average molecular weight is 773 g/mol. The zero-order chi connectivity index (χ0) is 39.5. The highest BCUT2D eigenvalue weighted by Gasteiger charge is 2.45. The van der Waals surface area contributed by atoms with Gasteiger partial charge >= 0.3 is 22.4 Å². The number of alkyl halides is 2. The highest BCUT2D eigenvalue weighted by atomic mass is 32.2. The van der Waals surface area contributed by atoms with E-state index in [-0.39, 0.29) is 38.4 Å². The summed E-state index contributed by atoms with van der Waals surface area (Å²) in [5.74, 6) is -7.18. The number of carbonyl (C=O) groups excluding carboxylic acids is 5. The minimum Gasteiger partial charge on any atom is -0.444 e. The van der Waals surface area contributed by atoms with E-state index >= 15 is 8.78 Å². The second kappa shape index (κ2) is 16.3. The number of nitrogens with two attached hydrogens (primary N) is 1. The lowest BCUT2D eigenvalue weighted by atomic mass is 10.0. The highest BCUT2D eigenvalue weighted by Crippen LogP contribution is 2.40. The van der Waals surface area contributed by atoms with Crippen LogP contribution in [0.25, 0.3) is 0 Å². The SMILES string of the molecule is CN(C)S(=O)(=O)NC(=O)[C@H]1C[C@H]1/C=C\CCC(F)(F)CC[C@H](NC(=O)OC(C)(C)C)C(=O)N1C[C@H](OC(=O)N2Cc3cccc(F)c3C2)C[C@H]1C(N)=O. The van der Waals surface area contributed by atoms with Gasteiger partial charge in [0, 0.05) is 51.4 Å². The summed E-state index contributed by atoms with van der Waals surface area (Å²) in [6.45, 7) is 4.45. The molecule has 0 spiro atoms. The molecule has 2 fully saturated rings. The van der Waals surface area contributed by atoms with Gasteiger partial charge in [0.05, 0.1) is 13.1 Å². The molecule has 1 aromatic rings. The van der Waals surface area contributed by atoms with Crippen molar-refractivity contribution in [2.45, 2.75) is 102 Å². The number of allylic oxidation sites excluding steroid dienone is 2. The van der Waals surface area contributed by atoms with Crippen LogP contribution < -0.4 is 15.8 Å². The minimum absolute atomic E-state index is 0.0386. The van der Waals surface area contributed by atoms with Crippen molar-refractivity contribution >= 4 is 40.1 Å². The largest absolute Gasteiger partial charge is 0.444 e. The Balaban J connectivity index is 1.36. The Labute approximate surface area is 306 Å². The average Bonchev–Trinajstić information content (AvgIpc) is 3.46. The number of likely N-dealkylation sites (tertiary alicyclic amines) is 1. The van der Waals surface area contributed by atoms with E-state index < -0.39 is 101 Å². The summed E-state index contributed by atoms with van der Waals surface area (Å²) < 4.78 is 81.8. The Morgan fingerprint density at radius 1 is 1.09 bits per heavy atom. The quantitative estimate of drug-likeness (QED) is 0.238. The van der Waals surface area contributed by atoms with E-state index in [1.54, 1.807) is 32.9 Å². The number of nitrogens with zero attached hydrogens (tertiary/aromatic N) is 3. The van der Waals surface area contributed by atoms with Gasteiger partial charge in [-0.2, -0.15) is 12.7 Å². The predicted octanol–water partition coefficient (Wildman–Crippen LogP) is 2.94. The van der Waals surface area contributed by atoms with Crippen LogP contribution in [0.5, 0.6) is 0 Å². The number of alkyl carbamates (subject to hydrolysis) is 1. The van der Waals surface area contributed by atoms with Crippen LogP contribution in [0, 0.1) is 17.7 Å². The number of hydrogen-bond donors (Lipinski definition) is 3. The zero-order valence-electron chi connectivity index (χ0n) is 30.3. The number of primary amides is 1.